The van der Waals surface area contributed by atoms with Crippen molar-refractivity contribution in [2.75, 3.05) is 45.6 Å². The number of piperazine rings is 1. The maximum absolute atomic E-state index is 14.9. The molecule has 1 aliphatic carbocycles. The van der Waals surface area contributed by atoms with Crippen LogP contribution in [-0.2, 0) is 16.4 Å². The third-order valence-electron chi connectivity index (χ3n) is 7.09. The van der Waals surface area contributed by atoms with Gasteiger partial charge in [-0.2, -0.15) is 4.31 Å². The van der Waals surface area contributed by atoms with Crippen molar-refractivity contribution >= 4 is 21.2 Å². The Morgan fingerprint density at radius 1 is 0.892 bits per heavy atom. The molecular weight excluding hydrogens is 494 g/mol. The van der Waals surface area contributed by atoms with Crippen LogP contribution in [0.25, 0.3) is 11.1 Å². The summed E-state index contributed by atoms with van der Waals surface area (Å²) < 4.78 is 59.5. The van der Waals surface area contributed by atoms with Crippen LogP contribution < -0.4 is 4.74 Å². The number of hydrogen-bond acceptors (Lipinski definition) is 4. The average Bonchev–Trinajstić information content (AvgIpc) is 3.23. The third-order valence-corrected chi connectivity index (χ3v) is 8.40. The predicted molar refractivity (Wildman–Crippen MR) is 142 cm³/mol. The SMILES string of the molecule is Cc1ccc(C2=C(c3ccc(F)cc3F)c3ccc(OCCN4CCN(S(C)(=O)=O)CC4)cc3C2)cc1. The van der Waals surface area contributed by atoms with Gasteiger partial charge in [0.15, 0.2) is 0 Å². The van der Waals surface area contributed by atoms with Gasteiger partial charge in [-0.15, -0.1) is 0 Å². The minimum absolute atomic E-state index is 0.387. The molecule has 37 heavy (non-hydrogen) atoms. The van der Waals surface area contributed by atoms with Crippen molar-refractivity contribution in [3.8, 4) is 5.75 Å². The number of ether oxygens (including phenoxy) is 1. The highest BCUT2D eigenvalue weighted by molar-refractivity contribution is 7.88. The van der Waals surface area contributed by atoms with E-state index in [-0.39, 0.29) is 0 Å². The van der Waals surface area contributed by atoms with Gasteiger partial charge in [0.1, 0.15) is 24.0 Å². The van der Waals surface area contributed by atoms with E-state index in [0.717, 1.165) is 45.2 Å². The third kappa shape index (κ3) is 5.61. The Bertz CT molecular complexity index is 1440. The van der Waals surface area contributed by atoms with Crippen LogP contribution in [-0.4, -0.2) is 63.2 Å². The summed E-state index contributed by atoms with van der Waals surface area (Å²) in [5.41, 5.74) is 6.28. The molecule has 0 radical (unpaired) electrons. The number of halogens is 2. The summed E-state index contributed by atoms with van der Waals surface area (Å²) in [7, 11) is -3.15. The van der Waals surface area contributed by atoms with E-state index >= 15 is 0 Å². The van der Waals surface area contributed by atoms with Gasteiger partial charge in [0.05, 0.1) is 6.26 Å². The zero-order chi connectivity index (χ0) is 26.2. The Kier molecular flexibility index (Phi) is 7.16. The zero-order valence-electron chi connectivity index (χ0n) is 21.0. The molecule has 8 heteroatoms. The van der Waals surface area contributed by atoms with Crippen LogP contribution in [0, 0.1) is 18.6 Å². The average molecular weight is 525 g/mol. The fourth-order valence-electron chi connectivity index (χ4n) is 5.07. The first-order valence-electron chi connectivity index (χ1n) is 12.4. The Morgan fingerprint density at radius 3 is 2.27 bits per heavy atom. The second-order valence-electron chi connectivity index (χ2n) is 9.69. The molecule has 0 unspecified atom stereocenters. The monoisotopic (exact) mass is 524 g/mol. The van der Waals surface area contributed by atoms with Crippen LogP contribution in [0.1, 0.15) is 27.8 Å². The van der Waals surface area contributed by atoms with Gasteiger partial charge in [0, 0.05) is 44.4 Å². The lowest BCUT2D eigenvalue weighted by molar-refractivity contribution is 0.159. The van der Waals surface area contributed by atoms with Crippen LogP contribution in [0.2, 0.25) is 0 Å². The van der Waals surface area contributed by atoms with Gasteiger partial charge in [0.2, 0.25) is 10.0 Å². The molecular formula is C29H30F2N2O3S. The first-order valence-corrected chi connectivity index (χ1v) is 14.2. The van der Waals surface area contributed by atoms with Crippen LogP contribution >= 0.6 is 0 Å². The van der Waals surface area contributed by atoms with Gasteiger partial charge in [-0.1, -0.05) is 35.9 Å². The number of fused-ring (bicyclic) bond motifs is 1. The van der Waals surface area contributed by atoms with Crippen molar-refractivity contribution in [1.29, 1.82) is 0 Å². The van der Waals surface area contributed by atoms with E-state index in [1.165, 1.54) is 22.7 Å². The maximum atomic E-state index is 14.9. The fraction of sp³-hybridized carbons (Fsp3) is 0.310. The molecule has 1 fully saturated rings. The van der Waals surface area contributed by atoms with Gasteiger partial charge in [-0.05, 0) is 65.4 Å². The largest absolute Gasteiger partial charge is 0.492 e. The number of hydrogen-bond donors (Lipinski definition) is 0. The second kappa shape index (κ2) is 10.4. The molecule has 0 saturated carbocycles. The summed E-state index contributed by atoms with van der Waals surface area (Å²) in [4.78, 5) is 2.20. The van der Waals surface area contributed by atoms with E-state index in [4.69, 9.17) is 4.74 Å². The minimum atomic E-state index is -3.15. The normalized spacial score (nSPS) is 16.8. The first kappa shape index (κ1) is 25.6. The fourth-order valence-corrected chi connectivity index (χ4v) is 5.90. The summed E-state index contributed by atoms with van der Waals surface area (Å²) in [5, 5.41) is 0. The van der Waals surface area contributed by atoms with Crippen molar-refractivity contribution in [3.05, 3.63) is 100 Å². The lowest BCUT2D eigenvalue weighted by Gasteiger charge is -2.33. The van der Waals surface area contributed by atoms with Gasteiger partial charge >= 0.3 is 0 Å². The number of allylic oxidation sites excluding steroid dienone is 1. The zero-order valence-corrected chi connectivity index (χ0v) is 21.8. The second-order valence-corrected chi connectivity index (χ2v) is 11.7. The van der Waals surface area contributed by atoms with Crippen LogP contribution in [0.4, 0.5) is 8.78 Å². The molecule has 0 amide bonds. The van der Waals surface area contributed by atoms with Gasteiger partial charge in [0.25, 0.3) is 0 Å². The number of benzene rings is 3. The Hall–Kier alpha value is -3.07. The number of nitrogens with zero attached hydrogens (tertiary/aromatic N) is 2. The molecule has 1 heterocycles. The van der Waals surface area contributed by atoms with E-state index < -0.39 is 21.7 Å². The van der Waals surface area contributed by atoms with E-state index in [1.807, 2.05) is 49.4 Å². The Morgan fingerprint density at radius 2 is 1.59 bits per heavy atom. The summed E-state index contributed by atoms with van der Waals surface area (Å²) >= 11 is 0. The van der Waals surface area contributed by atoms with Crippen LogP contribution in [0.3, 0.4) is 0 Å². The topological polar surface area (TPSA) is 49.9 Å². The molecule has 194 valence electrons. The van der Waals surface area contributed by atoms with Crippen LogP contribution in [0.15, 0.2) is 60.7 Å². The molecule has 2 aliphatic rings. The van der Waals surface area contributed by atoms with Crippen molar-refractivity contribution < 1.29 is 21.9 Å². The molecule has 3 aromatic rings. The highest BCUT2D eigenvalue weighted by Gasteiger charge is 2.27. The Labute approximate surface area is 217 Å². The summed E-state index contributed by atoms with van der Waals surface area (Å²) in [6.07, 6.45) is 1.86. The molecule has 1 aliphatic heterocycles. The van der Waals surface area contributed by atoms with Crippen molar-refractivity contribution in [1.82, 2.24) is 9.21 Å². The summed E-state index contributed by atoms with van der Waals surface area (Å²) in [5.74, 6) is -0.445. The smallest absolute Gasteiger partial charge is 0.211 e. The highest BCUT2D eigenvalue weighted by Crippen LogP contribution is 2.44. The van der Waals surface area contributed by atoms with Gasteiger partial charge < -0.3 is 4.74 Å². The van der Waals surface area contributed by atoms with Gasteiger partial charge in [-0.3, -0.25) is 4.90 Å². The summed E-state index contributed by atoms with van der Waals surface area (Å²) in [6.45, 7) is 5.55. The number of sulfonamides is 1. The lowest BCUT2D eigenvalue weighted by atomic mass is 9.93. The minimum Gasteiger partial charge on any atom is -0.492 e. The molecule has 0 spiro atoms. The van der Waals surface area contributed by atoms with E-state index in [2.05, 4.69) is 4.90 Å². The van der Waals surface area contributed by atoms with E-state index in [0.29, 0.717) is 51.3 Å². The molecule has 3 aromatic carbocycles. The van der Waals surface area contributed by atoms with Crippen molar-refractivity contribution in [3.63, 3.8) is 0 Å². The standard InChI is InChI=1S/C29H30F2N2O3S/c1-20-3-5-21(6-4-20)27-18-22-17-24(36-16-15-32-11-13-33(14-12-32)37(2,34)35)8-10-25(22)29(27)26-9-7-23(30)19-28(26)31/h3-10,17,19H,11-16,18H2,1-2H3. The quantitative estimate of drug-likeness (QED) is 0.448. The lowest BCUT2D eigenvalue weighted by Crippen LogP contribution is -2.49. The highest BCUT2D eigenvalue weighted by atomic mass is 32.2. The Balaban J connectivity index is 1.33. The number of rotatable bonds is 7. The molecule has 1 saturated heterocycles. The predicted octanol–water partition coefficient (Wildman–Crippen LogP) is 4.74. The van der Waals surface area contributed by atoms with E-state index in [9.17, 15) is 17.2 Å². The summed E-state index contributed by atoms with van der Waals surface area (Å²) in [6, 6.07) is 17.7. The van der Waals surface area contributed by atoms with Gasteiger partial charge in [-0.25, -0.2) is 17.2 Å². The number of aryl methyl sites for hydroxylation is 1. The van der Waals surface area contributed by atoms with Crippen LogP contribution in [0.5, 0.6) is 5.75 Å². The molecule has 5 rings (SSSR count). The van der Waals surface area contributed by atoms with E-state index in [1.54, 1.807) is 0 Å². The molecule has 0 N–H and O–H groups in total. The first-order chi connectivity index (χ1) is 17.7. The maximum Gasteiger partial charge on any atom is 0.211 e. The molecule has 0 atom stereocenters. The molecule has 0 aromatic heterocycles. The molecule has 5 nitrogen and oxygen atoms in total. The molecule has 0 bridgehead atoms. The van der Waals surface area contributed by atoms with Crippen molar-refractivity contribution in [2.45, 2.75) is 13.3 Å². The van der Waals surface area contributed by atoms with Crippen molar-refractivity contribution in [2.24, 2.45) is 0 Å².